The molecule has 0 amide bonds. The van der Waals surface area contributed by atoms with Crippen LogP contribution in [0.2, 0.25) is 0 Å². The normalized spacial score (nSPS) is 19.2. The quantitative estimate of drug-likeness (QED) is 0.642. The lowest BCUT2D eigenvalue weighted by Crippen LogP contribution is -2.18. The molecule has 0 saturated carbocycles. The van der Waals surface area contributed by atoms with Crippen LogP contribution in [0.3, 0.4) is 0 Å². The molecule has 0 aromatic heterocycles. The lowest BCUT2D eigenvalue weighted by molar-refractivity contribution is 0.0161. The van der Waals surface area contributed by atoms with Crippen LogP contribution in [0.5, 0.6) is 0 Å². The zero-order valence-corrected chi connectivity index (χ0v) is 9.94. The van der Waals surface area contributed by atoms with Crippen molar-refractivity contribution in [1.29, 1.82) is 0 Å². The highest BCUT2D eigenvalue weighted by molar-refractivity contribution is 5.92. The van der Waals surface area contributed by atoms with Gasteiger partial charge in [-0.05, 0) is 37.5 Å². The summed E-state index contributed by atoms with van der Waals surface area (Å²) >= 11 is 0. The van der Waals surface area contributed by atoms with Gasteiger partial charge in [0.05, 0.1) is 11.7 Å². The van der Waals surface area contributed by atoms with Crippen LogP contribution < -0.4 is 5.73 Å². The van der Waals surface area contributed by atoms with E-state index in [1.165, 1.54) is 0 Å². The Morgan fingerprint density at radius 2 is 2.41 bits per heavy atom. The maximum atomic E-state index is 11.8. The Morgan fingerprint density at radius 3 is 3.12 bits per heavy atom. The van der Waals surface area contributed by atoms with Crippen molar-refractivity contribution in [1.82, 2.24) is 0 Å². The summed E-state index contributed by atoms with van der Waals surface area (Å²) in [7, 11) is 0. The molecule has 0 spiro atoms. The van der Waals surface area contributed by atoms with E-state index in [1.54, 1.807) is 18.2 Å². The van der Waals surface area contributed by atoms with E-state index in [4.69, 9.17) is 15.2 Å². The zero-order chi connectivity index (χ0) is 12.3. The van der Waals surface area contributed by atoms with Crippen molar-refractivity contribution < 1.29 is 14.3 Å². The number of rotatable bonds is 3. The maximum absolute atomic E-state index is 11.8. The first-order valence-corrected chi connectivity index (χ1v) is 5.82. The fraction of sp³-hybridized carbons (Fsp3) is 0.462. The summed E-state index contributed by atoms with van der Waals surface area (Å²) in [5.41, 5.74) is 7.65. The number of ether oxygens (including phenoxy) is 2. The molecule has 1 aromatic rings. The summed E-state index contributed by atoms with van der Waals surface area (Å²) in [5.74, 6) is -0.328. The molecule has 1 atom stereocenters. The average Bonchev–Trinajstić information content (AvgIpc) is 2.82. The third kappa shape index (κ3) is 2.77. The van der Waals surface area contributed by atoms with Crippen LogP contribution in [0.25, 0.3) is 0 Å². The van der Waals surface area contributed by atoms with Gasteiger partial charge in [-0.2, -0.15) is 0 Å². The van der Waals surface area contributed by atoms with Crippen molar-refractivity contribution >= 4 is 11.7 Å². The van der Waals surface area contributed by atoms with Crippen molar-refractivity contribution in [2.45, 2.75) is 25.9 Å². The minimum absolute atomic E-state index is 0.0558. The Hall–Kier alpha value is -1.55. The van der Waals surface area contributed by atoms with Gasteiger partial charge in [0.2, 0.25) is 0 Å². The number of benzene rings is 1. The molecular weight excluding hydrogens is 218 g/mol. The maximum Gasteiger partial charge on any atom is 0.338 e. The van der Waals surface area contributed by atoms with E-state index in [0.717, 1.165) is 25.0 Å². The summed E-state index contributed by atoms with van der Waals surface area (Å²) in [4.78, 5) is 11.8. The number of carbonyl (C=O) groups is 1. The van der Waals surface area contributed by atoms with Gasteiger partial charge in [0, 0.05) is 12.3 Å². The van der Waals surface area contributed by atoms with Crippen LogP contribution in [0.15, 0.2) is 18.2 Å². The molecule has 1 aliphatic rings. The van der Waals surface area contributed by atoms with Crippen molar-refractivity contribution in [2.75, 3.05) is 18.9 Å². The first kappa shape index (κ1) is 11.9. The Labute approximate surface area is 101 Å². The van der Waals surface area contributed by atoms with Gasteiger partial charge < -0.3 is 15.2 Å². The van der Waals surface area contributed by atoms with Crippen LogP contribution in [-0.2, 0) is 9.47 Å². The van der Waals surface area contributed by atoms with Crippen molar-refractivity contribution in [3.05, 3.63) is 29.3 Å². The molecule has 1 aromatic carbocycles. The molecule has 0 bridgehead atoms. The summed E-state index contributed by atoms with van der Waals surface area (Å²) < 4.78 is 10.6. The smallest absolute Gasteiger partial charge is 0.338 e. The fourth-order valence-corrected chi connectivity index (χ4v) is 1.90. The van der Waals surface area contributed by atoms with Gasteiger partial charge in [-0.1, -0.05) is 6.07 Å². The Bertz CT molecular complexity index is 411. The van der Waals surface area contributed by atoms with Crippen molar-refractivity contribution in [2.24, 2.45) is 0 Å². The van der Waals surface area contributed by atoms with E-state index in [2.05, 4.69) is 0 Å². The molecule has 1 aliphatic heterocycles. The Kier molecular flexibility index (Phi) is 3.64. The second-order valence-corrected chi connectivity index (χ2v) is 4.25. The Morgan fingerprint density at radius 1 is 1.59 bits per heavy atom. The average molecular weight is 235 g/mol. The fourth-order valence-electron chi connectivity index (χ4n) is 1.90. The second kappa shape index (κ2) is 5.19. The van der Waals surface area contributed by atoms with Gasteiger partial charge in [-0.15, -0.1) is 0 Å². The first-order chi connectivity index (χ1) is 8.18. The molecule has 17 heavy (non-hydrogen) atoms. The second-order valence-electron chi connectivity index (χ2n) is 4.25. The molecule has 4 nitrogen and oxygen atoms in total. The van der Waals surface area contributed by atoms with Crippen molar-refractivity contribution in [3.63, 3.8) is 0 Å². The van der Waals surface area contributed by atoms with Gasteiger partial charge in [0.15, 0.2) is 0 Å². The number of carbonyl (C=O) groups excluding carboxylic acids is 1. The third-order valence-electron chi connectivity index (χ3n) is 3.02. The van der Waals surface area contributed by atoms with Crippen LogP contribution in [0, 0.1) is 6.92 Å². The number of nitrogens with two attached hydrogens (primary N) is 1. The molecule has 2 rings (SSSR count). The number of hydrogen-bond acceptors (Lipinski definition) is 4. The van der Waals surface area contributed by atoms with E-state index in [0.29, 0.717) is 17.9 Å². The van der Waals surface area contributed by atoms with Crippen LogP contribution in [0.4, 0.5) is 5.69 Å². The predicted molar refractivity (Wildman–Crippen MR) is 64.8 cm³/mol. The summed E-state index contributed by atoms with van der Waals surface area (Å²) in [6.07, 6.45) is 2.06. The lowest BCUT2D eigenvalue weighted by Gasteiger charge is -2.12. The number of hydrogen-bond donors (Lipinski definition) is 1. The standard InChI is InChI=1S/C13H17NO3/c1-9-11(5-2-6-12(9)14)13(15)17-8-10-4-3-7-16-10/h2,5-6,10H,3-4,7-8,14H2,1H3. The van der Waals surface area contributed by atoms with E-state index < -0.39 is 0 Å². The Balaban J connectivity index is 1.97. The van der Waals surface area contributed by atoms with Crippen LogP contribution >= 0.6 is 0 Å². The monoisotopic (exact) mass is 235 g/mol. The molecule has 1 saturated heterocycles. The third-order valence-corrected chi connectivity index (χ3v) is 3.02. The predicted octanol–water partition coefficient (Wildman–Crippen LogP) is 1.91. The van der Waals surface area contributed by atoms with Gasteiger partial charge in [0.25, 0.3) is 0 Å². The molecular formula is C13H17NO3. The molecule has 92 valence electrons. The number of esters is 1. The van der Waals surface area contributed by atoms with E-state index in [-0.39, 0.29) is 12.1 Å². The summed E-state index contributed by atoms with van der Waals surface area (Å²) in [6, 6.07) is 5.25. The SMILES string of the molecule is Cc1c(N)cccc1C(=O)OCC1CCCO1. The largest absolute Gasteiger partial charge is 0.459 e. The molecule has 1 unspecified atom stereocenters. The highest BCUT2D eigenvalue weighted by atomic mass is 16.6. The number of anilines is 1. The van der Waals surface area contributed by atoms with Crippen LogP contribution in [-0.4, -0.2) is 25.3 Å². The summed E-state index contributed by atoms with van der Waals surface area (Å²) in [5, 5.41) is 0. The minimum Gasteiger partial charge on any atom is -0.459 e. The number of nitrogen functional groups attached to an aromatic ring is 1. The van der Waals surface area contributed by atoms with Gasteiger partial charge in [-0.25, -0.2) is 4.79 Å². The van der Waals surface area contributed by atoms with E-state index >= 15 is 0 Å². The highest BCUT2D eigenvalue weighted by Gasteiger charge is 2.19. The van der Waals surface area contributed by atoms with Crippen LogP contribution in [0.1, 0.15) is 28.8 Å². The molecule has 1 fully saturated rings. The molecule has 0 radical (unpaired) electrons. The summed E-state index contributed by atoms with van der Waals surface area (Å²) in [6.45, 7) is 2.91. The van der Waals surface area contributed by atoms with Crippen molar-refractivity contribution in [3.8, 4) is 0 Å². The minimum atomic E-state index is -0.328. The molecule has 0 aliphatic carbocycles. The van der Waals surface area contributed by atoms with E-state index in [1.807, 2.05) is 6.92 Å². The highest BCUT2D eigenvalue weighted by Crippen LogP contribution is 2.17. The molecule has 1 heterocycles. The molecule has 2 N–H and O–H groups in total. The van der Waals surface area contributed by atoms with E-state index in [9.17, 15) is 4.79 Å². The van der Waals surface area contributed by atoms with Gasteiger partial charge >= 0.3 is 5.97 Å². The lowest BCUT2D eigenvalue weighted by atomic mass is 10.1. The zero-order valence-electron chi connectivity index (χ0n) is 9.94. The molecule has 4 heteroatoms. The topological polar surface area (TPSA) is 61.6 Å². The first-order valence-electron chi connectivity index (χ1n) is 5.82. The van der Waals surface area contributed by atoms with Gasteiger partial charge in [0.1, 0.15) is 6.61 Å². The van der Waals surface area contributed by atoms with Gasteiger partial charge in [-0.3, -0.25) is 0 Å².